The maximum absolute atomic E-state index is 12.3. The third-order valence-electron chi connectivity index (χ3n) is 4.53. The Morgan fingerprint density at radius 1 is 1.00 bits per heavy atom. The van der Waals surface area contributed by atoms with Gasteiger partial charge in [-0.3, -0.25) is 9.59 Å². The minimum Gasteiger partial charge on any atom is -0.467 e. The molecule has 0 aliphatic carbocycles. The highest BCUT2D eigenvalue weighted by atomic mass is 16.3. The first-order chi connectivity index (χ1) is 14.2. The highest BCUT2D eigenvalue weighted by Crippen LogP contribution is 2.16. The van der Waals surface area contributed by atoms with Gasteiger partial charge >= 0.3 is 0 Å². The number of carbonyl (C=O) groups excluding carboxylic acids is 2. The van der Waals surface area contributed by atoms with Crippen molar-refractivity contribution in [2.75, 3.05) is 11.9 Å². The third kappa shape index (κ3) is 5.97. The monoisotopic (exact) mass is 391 g/mol. The molecule has 6 nitrogen and oxygen atoms in total. The van der Waals surface area contributed by atoms with Crippen LogP contribution in [0.15, 0.2) is 77.4 Å². The van der Waals surface area contributed by atoms with Gasteiger partial charge in [-0.15, -0.1) is 0 Å². The van der Waals surface area contributed by atoms with Crippen molar-refractivity contribution in [1.29, 1.82) is 0 Å². The van der Waals surface area contributed by atoms with Crippen molar-refractivity contribution in [3.05, 3.63) is 89.9 Å². The predicted octanol–water partition coefficient (Wildman–Crippen LogP) is 3.89. The van der Waals surface area contributed by atoms with Crippen LogP contribution in [0.4, 0.5) is 5.69 Å². The molecule has 0 saturated carbocycles. The lowest BCUT2D eigenvalue weighted by Crippen LogP contribution is -2.33. The molecule has 2 amide bonds. The number of furan rings is 1. The summed E-state index contributed by atoms with van der Waals surface area (Å²) in [6.07, 6.45) is 2.37. The second kappa shape index (κ2) is 10.1. The van der Waals surface area contributed by atoms with E-state index in [2.05, 4.69) is 16.0 Å². The molecule has 2 aromatic carbocycles. The van der Waals surface area contributed by atoms with Gasteiger partial charge in [-0.25, -0.2) is 0 Å². The van der Waals surface area contributed by atoms with E-state index in [1.54, 1.807) is 36.6 Å². The zero-order valence-corrected chi connectivity index (χ0v) is 16.4. The maximum Gasteiger partial charge on any atom is 0.251 e. The largest absolute Gasteiger partial charge is 0.467 e. The number of anilines is 1. The van der Waals surface area contributed by atoms with Crippen molar-refractivity contribution in [3.63, 3.8) is 0 Å². The highest BCUT2D eigenvalue weighted by molar-refractivity contribution is 5.95. The van der Waals surface area contributed by atoms with Crippen molar-refractivity contribution >= 4 is 17.5 Å². The van der Waals surface area contributed by atoms with Crippen LogP contribution in [0.1, 0.15) is 41.1 Å². The fourth-order valence-electron chi connectivity index (χ4n) is 2.99. The van der Waals surface area contributed by atoms with Gasteiger partial charge in [-0.1, -0.05) is 43.3 Å². The van der Waals surface area contributed by atoms with Crippen LogP contribution in [0.25, 0.3) is 0 Å². The molecule has 0 spiro atoms. The predicted molar refractivity (Wildman–Crippen MR) is 112 cm³/mol. The van der Waals surface area contributed by atoms with Gasteiger partial charge in [0.2, 0.25) is 5.91 Å². The van der Waals surface area contributed by atoms with Crippen molar-refractivity contribution in [3.8, 4) is 0 Å². The normalized spacial score (nSPS) is 11.5. The number of rotatable bonds is 9. The molecular weight excluding hydrogens is 366 g/mol. The molecule has 3 rings (SSSR count). The Bertz CT molecular complexity index is 924. The van der Waals surface area contributed by atoms with E-state index in [4.69, 9.17) is 4.42 Å². The summed E-state index contributed by atoms with van der Waals surface area (Å²) >= 11 is 0. The van der Waals surface area contributed by atoms with E-state index in [9.17, 15) is 9.59 Å². The van der Waals surface area contributed by atoms with Crippen molar-refractivity contribution in [2.45, 2.75) is 25.9 Å². The van der Waals surface area contributed by atoms with Gasteiger partial charge in [0.05, 0.1) is 25.4 Å². The van der Waals surface area contributed by atoms with Crippen LogP contribution in [-0.2, 0) is 11.3 Å². The smallest absolute Gasteiger partial charge is 0.251 e. The zero-order chi connectivity index (χ0) is 20.5. The first kappa shape index (κ1) is 20.2. The van der Waals surface area contributed by atoms with Crippen LogP contribution in [0.3, 0.4) is 0 Å². The SMILES string of the molecule is CCC(NC(=O)CNc1cccc(C(=O)NCc2ccco2)c1)c1ccccc1. The first-order valence-electron chi connectivity index (χ1n) is 9.64. The Morgan fingerprint density at radius 2 is 1.83 bits per heavy atom. The maximum atomic E-state index is 12.3. The van der Waals surface area contributed by atoms with Gasteiger partial charge in [0.25, 0.3) is 5.91 Å². The minimum atomic E-state index is -0.204. The van der Waals surface area contributed by atoms with Gasteiger partial charge in [-0.2, -0.15) is 0 Å². The second-order valence-corrected chi connectivity index (χ2v) is 6.64. The fourth-order valence-corrected chi connectivity index (χ4v) is 2.99. The number of amides is 2. The van der Waals surface area contributed by atoms with E-state index in [-0.39, 0.29) is 24.4 Å². The van der Waals surface area contributed by atoms with Crippen LogP contribution in [-0.4, -0.2) is 18.4 Å². The van der Waals surface area contributed by atoms with E-state index in [0.29, 0.717) is 23.6 Å². The molecular formula is C23H25N3O3. The van der Waals surface area contributed by atoms with Crippen LogP contribution in [0.2, 0.25) is 0 Å². The average Bonchev–Trinajstić information content (AvgIpc) is 3.29. The lowest BCUT2D eigenvalue weighted by atomic mass is 10.0. The Kier molecular flexibility index (Phi) is 7.05. The molecule has 6 heteroatoms. The molecule has 0 fully saturated rings. The molecule has 150 valence electrons. The molecule has 29 heavy (non-hydrogen) atoms. The Hall–Kier alpha value is -3.54. The highest BCUT2D eigenvalue weighted by Gasteiger charge is 2.12. The van der Waals surface area contributed by atoms with Gasteiger partial charge in [0.1, 0.15) is 5.76 Å². The summed E-state index contributed by atoms with van der Waals surface area (Å²) in [5.74, 6) is 0.381. The molecule has 0 saturated heterocycles. The second-order valence-electron chi connectivity index (χ2n) is 6.64. The van der Waals surface area contributed by atoms with E-state index < -0.39 is 0 Å². The van der Waals surface area contributed by atoms with Gasteiger partial charge in [-0.05, 0) is 42.3 Å². The number of hydrogen-bond donors (Lipinski definition) is 3. The summed E-state index contributed by atoms with van der Waals surface area (Å²) in [4.78, 5) is 24.7. The molecule has 1 unspecified atom stereocenters. The Morgan fingerprint density at radius 3 is 2.55 bits per heavy atom. The number of carbonyl (C=O) groups is 2. The average molecular weight is 391 g/mol. The van der Waals surface area contributed by atoms with Gasteiger partial charge in [0.15, 0.2) is 0 Å². The van der Waals surface area contributed by atoms with Crippen molar-refractivity contribution < 1.29 is 14.0 Å². The zero-order valence-electron chi connectivity index (χ0n) is 16.4. The molecule has 1 atom stereocenters. The van der Waals surface area contributed by atoms with Crippen LogP contribution in [0.5, 0.6) is 0 Å². The minimum absolute atomic E-state index is 0.0239. The number of hydrogen-bond acceptors (Lipinski definition) is 4. The van der Waals surface area contributed by atoms with E-state index in [1.807, 2.05) is 43.3 Å². The summed E-state index contributed by atoms with van der Waals surface area (Å²) in [5.41, 5.74) is 2.30. The van der Waals surface area contributed by atoms with Crippen LogP contribution >= 0.6 is 0 Å². The molecule has 1 aromatic heterocycles. The molecule has 3 aromatic rings. The van der Waals surface area contributed by atoms with Gasteiger partial charge < -0.3 is 20.4 Å². The fraction of sp³-hybridized carbons (Fsp3) is 0.217. The molecule has 0 bridgehead atoms. The lowest BCUT2D eigenvalue weighted by Gasteiger charge is -2.18. The van der Waals surface area contributed by atoms with Crippen LogP contribution < -0.4 is 16.0 Å². The first-order valence-corrected chi connectivity index (χ1v) is 9.64. The van der Waals surface area contributed by atoms with Crippen molar-refractivity contribution in [1.82, 2.24) is 10.6 Å². The molecule has 0 aliphatic heterocycles. The third-order valence-corrected chi connectivity index (χ3v) is 4.53. The quantitative estimate of drug-likeness (QED) is 0.517. The van der Waals surface area contributed by atoms with Crippen LogP contribution in [0, 0.1) is 0 Å². The Balaban J connectivity index is 1.51. The molecule has 1 heterocycles. The van der Waals surface area contributed by atoms with Crippen molar-refractivity contribution in [2.24, 2.45) is 0 Å². The van der Waals surface area contributed by atoms with E-state index >= 15 is 0 Å². The number of nitrogens with one attached hydrogen (secondary N) is 3. The summed E-state index contributed by atoms with van der Waals surface area (Å²) in [7, 11) is 0. The molecule has 0 aliphatic rings. The standard InChI is InChI=1S/C23H25N3O3/c1-2-21(17-8-4-3-5-9-17)26-22(27)16-24-19-11-6-10-18(14-19)23(28)25-15-20-12-7-13-29-20/h3-14,21,24H,2,15-16H2,1H3,(H,25,28)(H,26,27). The lowest BCUT2D eigenvalue weighted by molar-refractivity contribution is -0.120. The van der Waals surface area contributed by atoms with Gasteiger partial charge in [0, 0.05) is 11.3 Å². The number of benzene rings is 2. The molecule has 0 radical (unpaired) electrons. The summed E-state index contributed by atoms with van der Waals surface area (Å²) in [6, 6.07) is 20.5. The topological polar surface area (TPSA) is 83.4 Å². The molecule has 3 N–H and O–H groups in total. The van der Waals surface area contributed by atoms with E-state index in [0.717, 1.165) is 12.0 Å². The summed E-state index contributed by atoms with van der Waals surface area (Å²) in [5, 5.41) is 8.92. The summed E-state index contributed by atoms with van der Waals surface area (Å²) < 4.78 is 5.21. The summed E-state index contributed by atoms with van der Waals surface area (Å²) in [6.45, 7) is 2.49. The Labute approximate surface area is 170 Å². The van der Waals surface area contributed by atoms with E-state index in [1.165, 1.54) is 0 Å².